The third kappa shape index (κ3) is 1.29. The van der Waals surface area contributed by atoms with Crippen LogP contribution in [-0.4, -0.2) is 18.0 Å². The molecule has 2 bridgehead atoms. The summed E-state index contributed by atoms with van der Waals surface area (Å²) in [7, 11) is 0. The molecule has 4 atom stereocenters. The molecule has 3 aliphatic rings. The molecule has 0 heterocycles. The van der Waals surface area contributed by atoms with Crippen molar-refractivity contribution in [2.75, 3.05) is 0 Å². The molecular formula is C10H17N5. The minimum Gasteiger partial charge on any atom is -0.370 e. The topological polar surface area (TPSA) is 103 Å². The molecule has 0 aromatic carbocycles. The van der Waals surface area contributed by atoms with Gasteiger partial charge in [-0.1, -0.05) is 0 Å². The number of guanidine groups is 2. The first-order valence-corrected chi connectivity index (χ1v) is 5.59. The van der Waals surface area contributed by atoms with Gasteiger partial charge in [0.1, 0.15) is 0 Å². The highest BCUT2D eigenvalue weighted by Crippen LogP contribution is 2.66. The molecule has 5 nitrogen and oxygen atoms in total. The first kappa shape index (κ1) is 9.00. The van der Waals surface area contributed by atoms with Crippen molar-refractivity contribution in [3.8, 4) is 0 Å². The van der Waals surface area contributed by atoms with Gasteiger partial charge < -0.3 is 17.2 Å². The number of nitrogens with two attached hydrogens (primary N) is 3. The summed E-state index contributed by atoms with van der Waals surface area (Å²) in [6.07, 6.45) is 4.20. The first-order chi connectivity index (χ1) is 7.16. The van der Waals surface area contributed by atoms with Gasteiger partial charge in [-0.15, -0.1) is 0 Å². The third-order valence-electron chi connectivity index (χ3n) is 4.22. The molecule has 15 heavy (non-hydrogen) atoms. The number of aliphatic imine (C=N–C) groups is 2. The molecule has 0 spiro atoms. The molecule has 4 unspecified atom stereocenters. The summed E-state index contributed by atoms with van der Waals surface area (Å²) in [5.74, 6) is 3.62. The van der Waals surface area contributed by atoms with Crippen LogP contribution in [-0.2, 0) is 0 Å². The Hall–Kier alpha value is -1.26. The lowest BCUT2D eigenvalue weighted by Crippen LogP contribution is -2.26. The Labute approximate surface area is 88.8 Å². The Morgan fingerprint density at radius 2 is 1.60 bits per heavy atom. The summed E-state index contributed by atoms with van der Waals surface area (Å²) in [5.41, 5.74) is 16.1. The average molecular weight is 207 g/mol. The van der Waals surface area contributed by atoms with E-state index < -0.39 is 0 Å². The Balaban J connectivity index is 1.70. The maximum Gasteiger partial charge on any atom is 0.218 e. The van der Waals surface area contributed by atoms with E-state index in [9.17, 15) is 0 Å². The van der Waals surface area contributed by atoms with Crippen LogP contribution in [0.1, 0.15) is 19.3 Å². The summed E-state index contributed by atoms with van der Waals surface area (Å²) in [6.45, 7) is 0. The van der Waals surface area contributed by atoms with E-state index in [1.807, 2.05) is 0 Å². The van der Waals surface area contributed by atoms with Crippen LogP contribution in [0, 0.1) is 23.7 Å². The maximum atomic E-state index is 5.63. The van der Waals surface area contributed by atoms with Crippen molar-refractivity contribution >= 4 is 11.9 Å². The molecule has 0 saturated heterocycles. The number of hydrogen-bond acceptors (Lipinski definition) is 1. The molecule has 0 aromatic heterocycles. The summed E-state index contributed by atoms with van der Waals surface area (Å²) in [4.78, 5) is 8.16. The Morgan fingerprint density at radius 3 is 2.13 bits per heavy atom. The molecule has 0 aromatic rings. The monoisotopic (exact) mass is 207 g/mol. The fourth-order valence-electron chi connectivity index (χ4n) is 3.77. The number of fused-ring (bicyclic) bond motifs is 5. The van der Waals surface area contributed by atoms with E-state index in [1.165, 1.54) is 19.3 Å². The molecule has 82 valence electrons. The highest BCUT2D eigenvalue weighted by atomic mass is 15.1. The van der Waals surface area contributed by atoms with E-state index in [-0.39, 0.29) is 11.9 Å². The lowest BCUT2D eigenvalue weighted by atomic mass is 10.0. The third-order valence-corrected chi connectivity index (χ3v) is 4.22. The zero-order chi connectivity index (χ0) is 10.6. The zero-order valence-corrected chi connectivity index (χ0v) is 8.63. The second-order valence-corrected chi connectivity index (χ2v) is 5.00. The van der Waals surface area contributed by atoms with Gasteiger partial charge in [-0.2, -0.15) is 4.99 Å². The highest BCUT2D eigenvalue weighted by molar-refractivity contribution is 5.92. The van der Waals surface area contributed by atoms with Gasteiger partial charge in [0, 0.05) is 0 Å². The van der Waals surface area contributed by atoms with Gasteiger partial charge in [-0.3, -0.25) is 0 Å². The van der Waals surface area contributed by atoms with Crippen molar-refractivity contribution in [3.63, 3.8) is 0 Å². The minimum absolute atomic E-state index is 0.00923. The van der Waals surface area contributed by atoms with Crippen molar-refractivity contribution in [3.05, 3.63) is 0 Å². The largest absolute Gasteiger partial charge is 0.370 e. The van der Waals surface area contributed by atoms with Gasteiger partial charge in [0.25, 0.3) is 0 Å². The molecule has 3 fully saturated rings. The second-order valence-electron chi connectivity index (χ2n) is 5.00. The van der Waals surface area contributed by atoms with Crippen LogP contribution in [0.4, 0.5) is 0 Å². The second kappa shape index (κ2) is 2.87. The van der Waals surface area contributed by atoms with Crippen LogP contribution in [0.15, 0.2) is 9.98 Å². The SMILES string of the molecule is NC(N)=NC(N)=NC1C2C3CCC(C3)C12. The van der Waals surface area contributed by atoms with Crippen molar-refractivity contribution in [2.24, 2.45) is 50.9 Å². The molecule has 0 aliphatic heterocycles. The van der Waals surface area contributed by atoms with Crippen LogP contribution in [0.5, 0.6) is 0 Å². The van der Waals surface area contributed by atoms with Gasteiger partial charge >= 0.3 is 0 Å². The number of rotatable bonds is 1. The number of nitrogens with zero attached hydrogens (tertiary/aromatic N) is 2. The molecule has 3 aliphatic carbocycles. The van der Waals surface area contributed by atoms with Crippen LogP contribution in [0.2, 0.25) is 0 Å². The van der Waals surface area contributed by atoms with Crippen molar-refractivity contribution < 1.29 is 0 Å². The molecule has 3 saturated carbocycles. The average Bonchev–Trinajstić information content (AvgIpc) is 2.58. The van der Waals surface area contributed by atoms with Gasteiger partial charge in [-0.05, 0) is 42.9 Å². The van der Waals surface area contributed by atoms with Gasteiger partial charge in [0.15, 0.2) is 5.96 Å². The van der Waals surface area contributed by atoms with Crippen LogP contribution < -0.4 is 17.2 Å². The number of hydrogen-bond donors (Lipinski definition) is 3. The summed E-state index contributed by atoms with van der Waals surface area (Å²) >= 11 is 0. The molecular weight excluding hydrogens is 190 g/mol. The van der Waals surface area contributed by atoms with Crippen molar-refractivity contribution in [1.29, 1.82) is 0 Å². The normalized spacial score (nSPS) is 46.4. The zero-order valence-electron chi connectivity index (χ0n) is 8.63. The smallest absolute Gasteiger partial charge is 0.218 e. The first-order valence-electron chi connectivity index (χ1n) is 5.59. The standard InChI is InChI=1S/C10H17N5/c11-9(12)15-10(13)14-8-6-4-1-2-5(3-4)7(6)8/h4-8H,1-3H2,(H6,11,12,13,14,15). The fourth-order valence-corrected chi connectivity index (χ4v) is 3.77. The minimum atomic E-state index is -0.00923. The van der Waals surface area contributed by atoms with Gasteiger partial charge in [0.2, 0.25) is 5.96 Å². The summed E-state index contributed by atoms with van der Waals surface area (Å²) < 4.78 is 0. The fraction of sp³-hybridized carbons (Fsp3) is 0.800. The van der Waals surface area contributed by atoms with Gasteiger partial charge in [-0.25, -0.2) is 4.99 Å². The van der Waals surface area contributed by atoms with Crippen molar-refractivity contribution in [1.82, 2.24) is 0 Å². The Morgan fingerprint density at radius 1 is 1.00 bits per heavy atom. The predicted octanol–water partition coefficient (Wildman–Crippen LogP) is -0.381. The quantitative estimate of drug-likeness (QED) is 0.403. The van der Waals surface area contributed by atoms with E-state index in [1.54, 1.807) is 0 Å². The van der Waals surface area contributed by atoms with E-state index in [0.717, 1.165) is 23.7 Å². The maximum absolute atomic E-state index is 5.63. The van der Waals surface area contributed by atoms with E-state index in [4.69, 9.17) is 17.2 Å². The Kier molecular flexibility index (Phi) is 1.72. The lowest BCUT2D eigenvalue weighted by Gasteiger charge is -2.04. The highest BCUT2D eigenvalue weighted by Gasteiger charge is 2.65. The van der Waals surface area contributed by atoms with Crippen molar-refractivity contribution in [2.45, 2.75) is 25.3 Å². The molecule has 0 amide bonds. The van der Waals surface area contributed by atoms with E-state index in [0.29, 0.717) is 6.04 Å². The van der Waals surface area contributed by atoms with Crippen LogP contribution in [0.25, 0.3) is 0 Å². The van der Waals surface area contributed by atoms with E-state index in [2.05, 4.69) is 9.98 Å². The molecule has 6 N–H and O–H groups in total. The molecule has 0 radical (unpaired) electrons. The lowest BCUT2D eigenvalue weighted by molar-refractivity contribution is 0.456. The van der Waals surface area contributed by atoms with Crippen LogP contribution >= 0.6 is 0 Å². The van der Waals surface area contributed by atoms with E-state index >= 15 is 0 Å². The summed E-state index contributed by atoms with van der Waals surface area (Å²) in [6, 6.07) is 0.416. The van der Waals surface area contributed by atoms with Crippen LogP contribution in [0.3, 0.4) is 0 Å². The van der Waals surface area contributed by atoms with Gasteiger partial charge in [0.05, 0.1) is 6.04 Å². The molecule has 3 rings (SSSR count). The Bertz CT molecular complexity index is 328. The molecule has 5 heteroatoms. The predicted molar refractivity (Wildman–Crippen MR) is 59.0 cm³/mol. The summed E-state index contributed by atoms with van der Waals surface area (Å²) in [5, 5.41) is 0.